The van der Waals surface area contributed by atoms with Crippen molar-refractivity contribution in [3.8, 4) is 5.75 Å². The van der Waals surface area contributed by atoms with Gasteiger partial charge >= 0.3 is 5.63 Å². The number of anilines is 1. The van der Waals surface area contributed by atoms with Gasteiger partial charge in [0.1, 0.15) is 11.3 Å². The van der Waals surface area contributed by atoms with Crippen LogP contribution in [0.4, 0.5) is 5.69 Å². The van der Waals surface area contributed by atoms with E-state index in [1.807, 2.05) is 11.8 Å². The summed E-state index contributed by atoms with van der Waals surface area (Å²) < 4.78 is 34.3. The minimum absolute atomic E-state index is 0.0279. The molecule has 0 amide bonds. The first-order chi connectivity index (χ1) is 13.2. The first-order valence-electron chi connectivity index (χ1n) is 8.43. The van der Waals surface area contributed by atoms with E-state index in [0.717, 1.165) is 16.6 Å². The van der Waals surface area contributed by atoms with Gasteiger partial charge in [-0.15, -0.1) is 0 Å². The summed E-state index contributed by atoms with van der Waals surface area (Å²) in [5.74, 6) is 0.484. The third-order valence-corrected chi connectivity index (χ3v) is 6.20. The summed E-state index contributed by atoms with van der Waals surface area (Å²) in [6.07, 6.45) is 0. The number of benzene rings is 2. The Morgan fingerprint density at radius 2 is 1.82 bits per heavy atom. The number of primary sulfonamides is 1. The van der Waals surface area contributed by atoms with Gasteiger partial charge in [-0.3, -0.25) is 0 Å². The van der Waals surface area contributed by atoms with E-state index in [1.165, 1.54) is 12.1 Å². The number of fused-ring (bicyclic) bond motifs is 3. The molecule has 1 aromatic heterocycles. The molecule has 0 aliphatic carbocycles. The fourth-order valence-electron chi connectivity index (χ4n) is 3.28. The molecule has 28 heavy (non-hydrogen) atoms. The molecule has 146 valence electrons. The van der Waals surface area contributed by atoms with E-state index in [4.69, 9.17) is 25.9 Å². The first kappa shape index (κ1) is 18.8. The molecular formula is C19H17ClN2O5S. The largest absolute Gasteiger partial charge is 0.471 e. The van der Waals surface area contributed by atoms with Crippen molar-refractivity contribution in [2.45, 2.75) is 25.3 Å². The molecule has 7 nitrogen and oxygen atoms in total. The van der Waals surface area contributed by atoms with Gasteiger partial charge in [0.2, 0.25) is 10.0 Å². The van der Waals surface area contributed by atoms with Crippen LogP contribution in [0.2, 0.25) is 5.02 Å². The summed E-state index contributed by atoms with van der Waals surface area (Å²) in [7, 11) is -3.76. The Morgan fingerprint density at radius 1 is 1.14 bits per heavy atom. The number of hydrogen-bond acceptors (Lipinski definition) is 6. The molecule has 0 spiro atoms. The summed E-state index contributed by atoms with van der Waals surface area (Å²) in [5.41, 5.74) is 2.80. The molecule has 0 unspecified atom stereocenters. The molecule has 3 aromatic rings. The Bertz CT molecular complexity index is 1270. The minimum Gasteiger partial charge on any atom is -0.471 e. The van der Waals surface area contributed by atoms with E-state index in [9.17, 15) is 13.2 Å². The lowest BCUT2D eigenvalue weighted by atomic mass is 10.0. The number of ether oxygens (including phenoxy) is 1. The van der Waals surface area contributed by atoms with Gasteiger partial charge in [0.05, 0.1) is 22.0 Å². The minimum atomic E-state index is -3.76. The van der Waals surface area contributed by atoms with E-state index in [2.05, 4.69) is 0 Å². The van der Waals surface area contributed by atoms with Crippen LogP contribution in [0.25, 0.3) is 11.0 Å². The second-order valence-electron chi connectivity index (χ2n) is 6.69. The van der Waals surface area contributed by atoms with Gasteiger partial charge in [-0.25, -0.2) is 18.4 Å². The summed E-state index contributed by atoms with van der Waals surface area (Å²) >= 11 is 6.41. The van der Waals surface area contributed by atoms with Crippen molar-refractivity contribution in [3.63, 3.8) is 0 Å². The van der Waals surface area contributed by atoms with Crippen LogP contribution in [0.15, 0.2) is 44.4 Å². The number of hydrogen-bond donors (Lipinski definition) is 1. The molecule has 2 heterocycles. The van der Waals surface area contributed by atoms with Gasteiger partial charge in [-0.1, -0.05) is 11.6 Å². The molecule has 0 saturated carbocycles. The normalized spacial score (nSPS) is 14.1. The maximum atomic E-state index is 12.2. The highest BCUT2D eigenvalue weighted by Crippen LogP contribution is 2.40. The average molecular weight is 421 g/mol. The molecule has 2 aromatic carbocycles. The van der Waals surface area contributed by atoms with Gasteiger partial charge in [0.25, 0.3) is 0 Å². The zero-order chi connectivity index (χ0) is 20.2. The molecule has 2 N–H and O–H groups in total. The third-order valence-electron chi connectivity index (χ3n) is 4.99. The summed E-state index contributed by atoms with van der Waals surface area (Å²) in [5, 5.41) is 6.35. The maximum absolute atomic E-state index is 12.2. The van der Waals surface area contributed by atoms with E-state index in [-0.39, 0.29) is 11.6 Å². The van der Waals surface area contributed by atoms with Gasteiger partial charge in [0.15, 0.2) is 6.73 Å². The van der Waals surface area contributed by atoms with Crippen molar-refractivity contribution >= 4 is 38.3 Å². The van der Waals surface area contributed by atoms with Gasteiger partial charge < -0.3 is 14.1 Å². The quantitative estimate of drug-likeness (QED) is 0.639. The zero-order valence-electron chi connectivity index (χ0n) is 15.2. The van der Waals surface area contributed by atoms with Crippen LogP contribution in [0.5, 0.6) is 5.75 Å². The van der Waals surface area contributed by atoms with Crippen LogP contribution in [-0.4, -0.2) is 15.1 Å². The third kappa shape index (κ3) is 3.03. The van der Waals surface area contributed by atoms with Gasteiger partial charge in [0, 0.05) is 16.6 Å². The van der Waals surface area contributed by atoms with Crippen molar-refractivity contribution in [3.05, 3.63) is 62.5 Å². The van der Waals surface area contributed by atoms with Crippen molar-refractivity contribution in [2.24, 2.45) is 5.14 Å². The summed E-state index contributed by atoms with van der Waals surface area (Å²) in [4.78, 5) is 14.1. The topological polar surface area (TPSA) is 103 Å². The molecule has 0 radical (unpaired) electrons. The van der Waals surface area contributed by atoms with Crippen molar-refractivity contribution in [1.82, 2.24) is 0 Å². The lowest BCUT2D eigenvalue weighted by molar-refractivity contribution is 0.289. The smallest absolute Gasteiger partial charge is 0.339 e. The Kier molecular flexibility index (Phi) is 4.37. The highest BCUT2D eigenvalue weighted by molar-refractivity contribution is 7.89. The van der Waals surface area contributed by atoms with Crippen molar-refractivity contribution < 1.29 is 17.6 Å². The molecule has 0 saturated heterocycles. The lowest BCUT2D eigenvalue weighted by Gasteiger charge is -2.31. The zero-order valence-corrected chi connectivity index (χ0v) is 16.7. The number of halogens is 1. The van der Waals surface area contributed by atoms with Crippen LogP contribution in [0.1, 0.15) is 16.7 Å². The highest BCUT2D eigenvalue weighted by Gasteiger charge is 2.26. The second-order valence-corrected chi connectivity index (χ2v) is 8.66. The van der Waals surface area contributed by atoms with Crippen LogP contribution in [0.3, 0.4) is 0 Å². The standard InChI is InChI=1S/C19H17ClN2O5S/c1-10-11(2)19(23)27-17-14(10)7-16(20)18-15(17)8-22(9-26-18)12-3-5-13(6-4-12)28(21,24)25/h3-7H,8-9H2,1-2H3,(H2,21,24,25). The summed E-state index contributed by atoms with van der Waals surface area (Å²) in [6, 6.07) is 7.91. The Balaban J connectivity index is 1.81. The second kappa shape index (κ2) is 6.51. The van der Waals surface area contributed by atoms with Crippen molar-refractivity contribution in [1.29, 1.82) is 0 Å². The monoisotopic (exact) mass is 420 g/mol. The van der Waals surface area contributed by atoms with Crippen molar-refractivity contribution in [2.75, 3.05) is 11.6 Å². The number of rotatable bonds is 2. The predicted octanol–water partition coefficient (Wildman–Crippen LogP) is 3.07. The molecule has 4 rings (SSSR count). The Labute approximate surface area is 166 Å². The molecule has 0 bridgehead atoms. The molecule has 1 aliphatic rings. The fourth-order valence-corrected chi connectivity index (χ4v) is 4.07. The van der Waals surface area contributed by atoms with Crippen LogP contribution in [0, 0.1) is 13.8 Å². The molecule has 0 fully saturated rings. The first-order valence-corrected chi connectivity index (χ1v) is 10.3. The summed E-state index contributed by atoms with van der Waals surface area (Å²) in [6.45, 7) is 4.16. The van der Waals surface area contributed by atoms with Gasteiger partial charge in [-0.05, 0) is 49.7 Å². The van der Waals surface area contributed by atoms with Crippen LogP contribution in [-0.2, 0) is 16.6 Å². The SMILES string of the molecule is Cc1c(C)c2cc(Cl)c3c(c2oc1=O)CN(c1ccc(S(N)(=O)=O)cc1)CO3. The molecule has 0 atom stereocenters. The van der Waals surface area contributed by atoms with Crippen LogP contribution >= 0.6 is 11.6 Å². The highest BCUT2D eigenvalue weighted by atomic mass is 35.5. The van der Waals surface area contributed by atoms with E-state index in [1.54, 1.807) is 25.1 Å². The molecule has 1 aliphatic heterocycles. The van der Waals surface area contributed by atoms with Gasteiger partial charge in [-0.2, -0.15) is 0 Å². The van der Waals surface area contributed by atoms with Crippen LogP contribution < -0.4 is 20.4 Å². The predicted molar refractivity (Wildman–Crippen MR) is 106 cm³/mol. The Morgan fingerprint density at radius 3 is 2.46 bits per heavy atom. The average Bonchev–Trinajstić information content (AvgIpc) is 2.66. The van der Waals surface area contributed by atoms with E-state index >= 15 is 0 Å². The molecular weight excluding hydrogens is 404 g/mol. The fraction of sp³-hybridized carbons (Fsp3) is 0.211. The molecule has 9 heteroatoms. The number of nitrogens with zero attached hydrogens (tertiary/aromatic N) is 1. The maximum Gasteiger partial charge on any atom is 0.339 e. The van der Waals surface area contributed by atoms with E-state index in [0.29, 0.717) is 34.0 Å². The lowest BCUT2D eigenvalue weighted by Crippen LogP contribution is -2.32. The Hall–Kier alpha value is -2.55. The number of sulfonamides is 1. The van der Waals surface area contributed by atoms with E-state index < -0.39 is 15.6 Å². The number of nitrogens with two attached hydrogens (primary N) is 1. The number of aryl methyl sites for hydroxylation is 1.